The van der Waals surface area contributed by atoms with Gasteiger partial charge in [0.2, 0.25) is 5.91 Å². The number of carbonyl (C=O) groups is 1. The van der Waals surface area contributed by atoms with Crippen LogP contribution < -0.4 is 5.32 Å². The summed E-state index contributed by atoms with van der Waals surface area (Å²) in [5.41, 5.74) is 1.18. The van der Waals surface area contributed by atoms with Gasteiger partial charge in [-0.25, -0.2) is 0 Å². The molecule has 0 radical (unpaired) electrons. The van der Waals surface area contributed by atoms with Crippen molar-refractivity contribution in [3.63, 3.8) is 0 Å². The second kappa shape index (κ2) is 4.47. The highest BCUT2D eigenvalue weighted by atomic mass is 16.2. The summed E-state index contributed by atoms with van der Waals surface area (Å²) in [7, 11) is 0. The fourth-order valence-electron chi connectivity index (χ4n) is 1.53. The Morgan fingerprint density at radius 2 is 2.47 bits per heavy atom. The first-order valence-corrected chi connectivity index (χ1v) is 5.52. The van der Waals surface area contributed by atoms with Gasteiger partial charge < -0.3 is 5.32 Å². The van der Waals surface area contributed by atoms with Crippen molar-refractivity contribution in [3.8, 4) is 0 Å². The highest BCUT2D eigenvalue weighted by molar-refractivity contribution is 5.80. The highest BCUT2D eigenvalue weighted by Gasteiger charge is 2.28. The van der Waals surface area contributed by atoms with E-state index in [2.05, 4.69) is 10.4 Å². The number of rotatable bonds is 5. The highest BCUT2D eigenvalue weighted by Crippen LogP contribution is 2.28. The Morgan fingerprint density at radius 1 is 1.67 bits per heavy atom. The van der Waals surface area contributed by atoms with Crippen molar-refractivity contribution in [1.29, 1.82) is 0 Å². The molecule has 1 fully saturated rings. The predicted octanol–water partition coefficient (Wildman–Crippen LogP) is 1.11. The van der Waals surface area contributed by atoms with E-state index in [0.29, 0.717) is 5.92 Å². The van der Waals surface area contributed by atoms with Crippen LogP contribution in [0.1, 0.15) is 24.8 Å². The summed E-state index contributed by atoms with van der Waals surface area (Å²) in [6.07, 6.45) is 6.96. The third kappa shape index (κ3) is 3.08. The Hall–Kier alpha value is -1.32. The average molecular weight is 207 g/mol. The monoisotopic (exact) mass is 207 g/mol. The van der Waals surface area contributed by atoms with Crippen LogP contribution in [-0.4, -0.2) is 22.2 Å². The molecule has 0 bridgehead atoms. The van der Waals surface area contributed by atoms with Crippen molar-refractivity contribution < 1.29 is 4.79 Å². The molecule has 2 rings (SSSR count). The number of aryl methyl sites for hydroxylation is 2. The summed E-state index contributed by atoms with van der Waals surface area (Å²) in [6.45, 7) is 3.66. The Kier molecular flexibility index (Phi) is 3.04. The molecule has 15 heavy (non-hydrogen) atoms. The maximum atomic E-state index is 11.3. The van der Waals surface area contributed by atoms with Gasteiger partial charge in [0.1, 0.15) is 0 Å². The van der Waals surface area contributed by atoms with Gasteiger partial charge in [0.15, 0.2) is 0 Å². The van der Waals surface area contributed by atoms with Crippen LogP contribution in [0.5, 0.6) is 0 Å². The average Bonchev–Trinajstić information content (AvgIpc) is 2.98. The minimum Gasteiger partial charge on any atom is -0.356 e. The van der Waals surface area contributed by atoms with Crippen LogP contribution in [0.2, 0.25) is 0 Å². The number of amides is 1. The zero-order chi connectivity index (χ0) is 10.7. The zero-order valence-electron chi connectivity index (χ0n) is 9.07. The number of hydrogen-bond acceptors (Lipinski definition) is 2. The molecule has 0 aliphatic heterocycles. The lowest BCUT2D eigenvalue weighted by Crippen LogP contribution is -2.26. The fourth-order valence-corrected chi connectivity index (χ4v) is 1.53. The first-order chi connectivity index (χ1) is 7.25. The molecular weight excluding hydrogens is 190 g/mol. The van der Waals surface area contributed by atoms with Gasteiger partial charge >= 0.3 is 0 Å². The van der Waals surface area contributed by atoms with E-state index in [1.165, 1.54) is 5.56 Å². The molecule has 0 saturated heterocycles. The van der Waals surface area contributed by atoms with E-state index < -0.39 is 0 Å². The van der Waals surface area contributed by atoms with Crippen LogP contribution in [0, 0.1) is 12.8 Å². The van der Waals surface area contributed by atoms with Crippen LogP contribution >= 0.6 is 0 Å². The van der Waals surface area contributed by atoms with Gasteiger partial charge in [0, 0.05) is 25.2 Å². The van der Waals surface area contributed by atoms with Gasteiger partial charge in [-0.1, -0.05) is 0 Å². The smallest absolute Gasteiger partial charge is 0.223 e. The topological polar surface area (TPSA) is 46.9 Å². The normalized spacial score (nSPS) is 15.3. The number of carbonyl (C=O) groups excluding carboxylic acids is 1. The van der Waals surface area contributed by atoms with E-state index in [1.54, 1.807) is 0 Å². The molecule has 0 spiro atoms. The van der Waals surface area contributed by atoms with Gasteiger partial charge in [-0.3, -0.25) is 9.48 Å². The van der Waals surface area contributed by atoms with Crippen LogP contribution in [-0.2, 0) is 11.3 Å². The Labute approximate surface area is 89.7 Å². The minimum atomic E-state index is 0.228. The molecule has 1 aliphatic carbocycles. The van der Waals surface area contributed by atoms with Gasteiger partial charge in [0.25, 0.3) is 0 Å². The van der Waals surface area contributed by atoms with Gasteiger partial charge in [-0.2, -0.15) is 5.10 Å². The van der Waals surface area contributed by atoms with Gasteiger partial charge in [-0.15, -0.1) is 0 Å². The van der Waals surface area contributed by atoms with E-state index in [0.717, 1.165) is 32.4 Å². The molecule has 1 aromatic heterocycles. The van der Waals surface area contributed by atoms with Gasteiger partial charge in [0.05, 0.1) is 6.20 Å². The lowest BCUT2D eigenvalue weighted by atomic mass is 10.3. The van der Waals surface area contributed by atoms with E-state index in [4.69, 9.17) is 0 Å². The van der Waals surface area contributed by atoms with Crippen LogP contribution in [0.15, 0.2) is 12.4 Å². The molecule has 1 aliphatic rings. The van der Waals surface area contributed by atoms with Crippen molar-refractivity contribution in [2.75, 3.05) is 6.54 Å². The molecule has 1 saturated carbocycles. The first-order valence-electron chi connectivity index (χ1n) is 5.52. The lowest BCUT2D eigenvalue weighted by Gasteiger charge is -2.04. The summed E-state index contributed by atoms with van der Waals surface area (Å²) < 4.78 is 1.92. The standard InChI is InChI=1S/C11H17N3O/c1-9-7-13-14(8-9)6-2-5-12-11(15)10-3-4-10/h7-8,10H,2-6H2,1H3,(H,12,15). The van der Waals surface area contributed by atoms with Gasteiger partial charge in [-0.05, 0) is 31.7 Å². The first kappa shape index (κ1) is 10.2. The number of nitrogens with zero attached hydrogens (tertiary/aromatic N) is 2. The van der Waals surface area contributed by atoms with Crippen molar-refractivity contribution in [1.82, 2.24) is 15.1 Å². The van der Waals surface area contributed by atoms with Crippen LogP contribution in [0.25, 0.3) is 0 Å². The Balaban J connectivity index is 1.60. The van der Waals surface area contributed by atoms with Crippen molar-refractivity contribution in [2.24, 2.45) is 5.92 Å². The summed E-state index contributed by atoms with van der Waals surface area (Å²) in [4.78, 5) is 11.3. The lowest BCUT2D eigenvalue weighted by molar-refractivity contribution is -0.122. The molecule has 1 aromatic rings. The van der Waals surface area contributed by atoms with E-state index in [1.807, 2.05) is 24.0 Å². The quantitative estimate of drug-likeness (QED) is 0.735. The van der Waals surface area contributed by atoms with Crippen LogP contribution in [0.4, 0.5) is 0 Å². The van der Waals surface area contributed by atoms with Crippen molar-refractivity contribution in [2.45, 2.75) is 32.7 Å². The zero-order valence-corrected chi connectivity index (χ0v) is 9.07. The van der Waals surface area contributed by atoms with E-state index >= 15 is 0 Å². The molecule has 1 amide bonds. The number of nitrogens with one attached hydrogen (secondary N) is 1. The maximum Gasteiger partial charge on any atom is 0.223 e. The summed E-state index contributed by atoms with van der Waals surface area (Å²) in [6, 6.07) is 0. The van der Waals surface area contributed by atoms with Crippen molar-refractivity contribution in [3.05, 3.63) is 18.0 Å². The second-order valence-corrected chi connectivity index (χ2v) is 4.20. The molecule has 4 heteroatoms. The molecule has 0 unspecified atom stereocenters. The SMILES string of the molecule is Cc1cnn(CCCNC(=O)C2CC2)c1. The largest absolute Gasteiger partial charge is 0.356 e. The molecule has 1 N–H and O–H groups in total. The Bertz CT molecular complexity index is 341. The minimum absolute atomic E-state index is 0.228. The number of hydrogen-bond donors (Lipinski definition) is 1. The molecule has 4 nitrogen and oxygen atoms in total. The molecule has 0 atom stereocenters. The molecule has 82 valence electrons. The molecular formula is C11H17N3O. The van der Waals surface area contributed by atoms with E-state index in [9.17, 15) is 4.79 Å². The summed E-state index contributed by atoms with van der Waals surface area (Å²) in [5.74, 6) is 0.545. The Morgan fingerprint density at radius 3 is 3.07 bits per heavy atom. The maximum absolute atomic E-state index is 11.3. The number of aromatic nitrogens is 2. The third-order valence-corrected chi connectivity index (χ3v) is 2.57. The molecule has 1 heterocycles. The molecule has 0 aromatic carbocycles. The fraction of sp³-hybridized carbons (Fsp3) is 0.636. The third-order valence-electron chi connectivity index (χ3n) is 2.57. The van der Waals surface area contributed by atoms with Crippen LogP contribution in [0.3, 0.4) is 0 Å². The van der Waals surface area contributed by atoms with Crippen molar-refractivity contribution >= 4 is 5.91 Å². The predicted molar refractivity (Wildman–Crippen MR) is 57.3 cm³/mol. The van der Waals surface area contributed by atoms with E-state index in [-0.39, 0.29) is 5.91 Å². The summed E-state index contributed by atoms with van der Waals surface area (Å²) >= 11 is 0. The second-order valence-electron chi connectivity index (χ2n) is 4.20. The summed E-state index contributed by atoms with van der Waals surface area (Å²) in [5, 5.41) is 7.13.